The summed E-state index contributed by atoms with van der Waals surface area (Å²) in [6.07, 6.45) is 4.34. The molecule has 0 saturated carbocycles. The number of urea groups is 1. The second-order valence-electron chi connectivity index (χ2n) is 5.95. The first-order chi connectivity index (χ1) is 9.32. The van der Waals surface area contributed by atoms with Gasteiger partial charge in [0.2, 0.25) is 0 Å². The van der Waals surface area contributed by atoms with Crippen LogP contribution in [0.5, 0.6) is 0 Å². The van der Waals surface area contributed by atoms with Crippen molar-refractivity contribution >= 4 is 11.7 Å². The Kier molecular flexibility index (Phi) is 4.04. The molecular formula is C14H24N4O2. The molecule has 1 aromatic heterocycles. The molecule has 0 aromatic carbocycles. The molecule has 1 aliphatic heterocycles. The SMILES string of the molecule is CCc1nn(C)cc1NC(=O)N1CCCC1C(C)(C)O. The number of nitrogens with zero attached hydrogens (tertiary/aromatic N) is 3. The van der Waals surface area contributed by atoms with Gasteiger partial charge in [-0.25, -0.2) is 4.79 Å². The number of amides is 2. The Labute approximate surface area is 119 Å². The van der Waals surface area contributed by atoms with Crippen LogP contribution in [0.2, 0.25) is 0 Å². The van der Waals surface area contributed by atoms with E-state index in [1.54, 1.807) is 23.4 Å². The fourth-order valence-corrected chi connectivity index (χ4v) is 2.83. The van der Waals surface area contributed by atoms with Gasteiger partial charge in [0.05, 0.1) is 23.0 Å². The highest BCUT2D eigenvalue weighted by Gasteiger charge is 2.38. The monoisotopic (exact) mass is 280 g/mol. The van der Waals surface area contributed by atoms with E-state index < -0.39 is 5.60 Å². The third-order valence-electron chi connectivity index (χ3n) is 3.81. The highest BCUT2D eigenvalue weighted by Crippen LogP contribution is 2.27. The molecule has 2 amide bonds. The summed E-state index contributed by atoms with van der Waals surface area (Å²) in [6, 6.07) is -0.290. The first-order valence-electron chi connectivity index (χ1n) is 7.15. The van der Waals surface area contributed by atoms with Crippen LogP contribution in [-0.2, 0) is 13.5 Å². The van der Waals surface area contributed by atoms with E-state index in [0.29, 0.717) is 6.54 Å². The number of aliphatic hydroxyl groups is 1. The molecule has 2 heterocycles. The Bertz CT molecular complexity index is 490. The van der Waals surface area contributed by atoms with Crippen molar-refractivity contribution in [3.05, 3.63) is 11.9 Å². The molecule has 6 nitrogen and oxygen atoms in total. The van der Waals surface area contributed by atoms with Crippen LogP contribution >= 0.6 is 0 Å². The Morgan fingerprint density at radius 1 is 1.60 bits per heavy atom. The Morgan fingerprint density at radius 3 is 2.90 bits per heavy atom. The minimum atomic E-state index is -0.879. The molecule has 1 fully saturated rings. The zero-order chi connectivity index (χ0) is 14.9. The maximum Gasteiger partial charge on any atom is 0.322 e. The highest BCUT2D eigenvalue weighted by molar-refractivity contribution is 5.90. The summed E-state index contributed by atoms with van der Waals surface area (Å²) >= 11 is 0. The van der Waals surface area contributed by atoms with Crippen molar-refractivity contribution in [2.24, 2.45) is 7.05 Å². The lowest BCUT2D eigenvalue weighted by Crippen LogP contribution is -2.49. The number of likely N-dealkylation sites (tertiary alicyclic amines) is 1. The third-order valence-corrected chi connectivity index (χ3v) is 3.81. The number of aromatic nitrogens is 2. The van der Waals surface area contributed by atoms with Gasteiger partial charge in [0.15, 0.2) is 0 Å². The van der Waals surface area contributed by atoms with Gasteiger partial charge in [-0.15, -0.1) is 0 Å². The van der Waals surface area contributed by atoms with E-state index in [-0.39, 0.29) is 12.1 Å². The van der Waals surface area contributed by atoms with Crippen LogP contribution in [0.3, 0.4) is 0 Å². The lowest BCUT2D eigenvalue weighted by atomic mass is 9.97. The molecule has 112 valence electrons. The molecule has 1 saturated heterocycles. The quantitative estimate of drug-likeness (QED) is 0.886. The van der Waals surface area contributed by atoms with Gasteiger partial charge in [0.1, 0.15) is 0 Å². The number of aryl methyl sites for hydroxylation is 2. The molecule has 0 radical (unpaired) electrons. The summed E-state index contributed by atoms with van der Waals surface area (Å²) in [7, 11) is 1.84. The van der Waals surface area contributed by atoms with E-state index in [1.807, 2.05) is 20.2 Å². The average molecular weight is 280 g/mol. The van der Waals surface area contributed by atoms with Crippen LogP contribution < -0.4 is 5.32 Å². The van der Waals surface area contributed by atoms with E-state index in [4.69, 9.17) is 0 Å². The number of carbonyl (C=O) groups is 1. The summed E-state index contributed by atoms with van der Waals surface area (Å²) in [5, 5.41) is 17.4. The van der Waals surface area contributed by atoms with Crippen LogP contribution in [0.1, 0.15) is 39.3 Å². The number of anilines is 1. The van der Waals surface area contributed by atoms with E-state index >= 15 is 0 Å². The van der Waals surface area contributed by atoms with Gasteiger partial charge in [-0.1, -0.05) is 6.92 Å². The lowest BCUT2D eigenvalue weighted by molar-refractivity contribution is 0.0117. The zero-order valence-electron chi connectivity index (χ0n) is 12.7. The van der Waals surface area contributed by atoms with E-state index in [2.05, 4.69) is 10.4 Å². The number of nitrogens with one attached hydrogen (secondary N) is 1. The molecular weight excluding hydrogens is 256 g/mol. The van der Waals surface area contributed by atoms with Gasteiger partial charge in [-0.05, 0) is 33.1 Å². The Morgan fingerprint density at radius 2 is 2.30 bits per heavy atom. The third kappa shape index (κ3) is 2.95. The summed E-state index contributed by atoms with van der Waals surface area (Å²) in [5.74, 6) is 0. The van der Waals surface area contributed by atoms with Crippen molar-refractivity contribution in [2.75, 3.05) is 11.9 Å². The molecule has 20 heavy (non-hydrogen) atoms. The van der Waals surface area contributed by atoms with E-state index in [0.717, 1.165) is 30.6 Å². The summed E-state index contributed by atoms with van der Waals surface area (Å²) in [5.41, 5.74) is 0.748. The zero-order valence-corrected chi connectivity index (χ0v) is 12.7. The Balaban J connectivity index is 2.11. The number of hydrogen-bond donors (Lipinski definition) is 2. The molecule has 0 bridgehead atoms. The smallest absolute Gasteiger partial charge is 0.322 e. The standard InChI is InChI=1S/C14H24N4O2/c1-5-10-11(9-17(4)16-10)15-13(19)18-8-6-7-12(18)14(2,3)20/h9,12,20H,5-8H2,1-4H3,(H,15,19). The number of hydrogen-bond acceptors (Lipinski definition) is 3. The van der Waals surface area contributed by atoms with Gasteiger partial charge in [0.25, 0.3) is 0 Å². The summed E-state index contributed by atoms with van der Waals surface area (Å²) < 4.78 is 1.70. The minimum Gasteiger partial charge on any atom is -0.388 e. The molecule has 1 aliphatic rings. The molecule has 0 spiro atoms. The van der Waals surface area contributed by atoms with E-state index in [9.17, 15) is 9.90 Å². The van der Waals surface area contributed by atoms with Gasteiger partial charge >= 0.3 is 6.03 Å². The largest absolute Gasteiger partial charge is 0.388 e. The van der Waals surface area contributed by atoms with Crippen molar-refractivity contribution in [1.29, 1.82) is 0 Å². The first kappa shape index (κ1) is 14.8. The van der Waals surface area contributed by atoms with Gasteiger partial charge < -0.3 is 15.3 Å². The van der Waals surface area contributed by atoms with Crippen LogP contribution in [0.4, 0.5) is 10.5 Å². The first-order valence-corrected chi connectivity index (χ1v) is 7.15. The molecule has 1 unspecified atom stereocenters. The topological polar surface area (TPSA) is 70.4 Å². The van der Waals surface area contributed by atoms with Crippen molar-refractivity contribution in [3.63, 3.8) is 0 Å². The normalized spacial score (nSPS) is 19.4. The number of carbonyl (C=O) groups excluding carboxylic acids is 1. The highest BCUT2D eigenvalue weighted by atomic mass is 16.3. The second kappa shape index (κ2) is 5.44. The lowest BCUT2D eigenvalue weighted by Gasteiger charge is -2.33. The van der Waals surface area contributed by atoms with Gasteiger partial charge in [-0.2, -0.15) is 5.10 Å². The Hall–Kier alpha value is -1.56. The maximum absolute atomic E-state index is 12.4. The summed E-state index contributed by atoms with van der Waals surface area (Å²) in [6.45, 7) is 6.20. The van der Waals surface area contributed by atoms with Gasteiger partial charge in [-0.3, -0.25) is 4.68 Å². The molecule has 6 heteroatoms. The fourth-order valence-electron chi connectivity index (χ4n) is 2.83. The van der Waals surface area contributed by atoms with E-state index in [1.165, 1.54) is 0 Å². The van der Waals surface area contributed by atoms with Crippen LogP contribution in [0.25, 0.3) is 0 Å². The maximum atomic E-state index is 12.4. The molecule has 1 atom stereocenters. The molecule has 2 rings (SSSR count). The van der Waals surface area contributed by atoms with Crippen molar-refractivity contribution < 1.29 is 9.90 Å². The predicted molar refractivity (Wildman–Crippen MR) is 77.6 cm³/mol. The van der Waals surface area contributed by atoms with Crippen LogP contribution in [-0.4, -0.2) is 44.0 Å². The van der Waals surface area contributed by atoms with Crippen molar-refractivity contribution in [3.8, 4) is 0 Å². The number of rotatable bonds is 3. The molecule has 0 aliphatic carbocycles. The van der Waals surface area contributed by atoms with Crippen LogP contribution in [0.15, 0.2) is 6.20 Å². The van der Waals surface area contributed by atoms with Gasteiger partial charge in [0, 0.05) is 19.8 Å². The second-order valence-corrected chi connectivity index (χ2v) is 5.95. The van der Waals surface area contributed by atoms with Crippen molar-refractivity contribution in [2.45, 2.75) is 51.7 Å². The molecule has 1 aromatic rings. The van der Waals surface area contributed by atoms with Crippen molar-refractivity contribution in [1.82, 2.24) is 14.7 Å². The van der Waals surface area contributed by atoms with Crippen LogP contribution in [0, 0.1) is 0 Å². The predicted octanol–water partition coefficient (Wildman–Crippen LogP) is 1.75. The summed E-state index contributed by atoms with van der Waals surface area (Å²) in [4.78, 5) is 14.1. The minimum absolute atomic E-state index is 0.135. The molecule has 2 N–H and O–H groups in total. The fraction of sp³-hybridized carbons (Fsp3) is 0.714. The average Bonchev–Trinajstić information content (AvgIpc) is 2.94.